The zero-order valence-electron chi connectivity index (χ0n) is 10.7. The highest BCUT2D eigenvalue weighted by atomic mass is 35.5. The van der Waals surface area contributed by atoms with Gasteiger partial charge in [0, 0.05) is 24.1 Å². The molecular formula is C13H8ClNO6. The monoisotopic (exact) mass is 309 g/mol. The van der Waals surface area contributed by atoms with E-state index in [0.29, 0.717) is 0 Å². The van der Waals surface area contributed by atoms with Crippen LogP contribution in [-0.4, -0.2) is 10.9 Å². The molecule has 0 fully saturated rings. The van der Waals surface area contributed by atoms with Gasteiger partial charge in [-0.05, 0) is 12.1 Å². The fourth-order valence-corrected chi connectivity index (χ4v) is 1.81. The van der Waals surface area contributed by atoms with Gasteiger partial charge in [0.1, 0.15) is 12.0 Å². The van der Waals surface area contributed by atoms with Crippen molar-refractivity contribution in [3.8, 4) is 17.1 Å². The normalized spacial score (nSPS) is 10.2. The summed E-state index contributed by atoms with van der Waals surface area (Å²) in [4.78, 5) is 32.9. The van der Waals surface area contributed by atoms with E-state index in [1.807, 2.05) is 0 Å². The first-order valence-electron chi connectivity index (χ1n) is 5.64. The number of nitrogens with zero attached hydrogens (tertiary/aromatic N) is 1. The Morgan fingerprint density at radius 1 is 1.38 bits per heavy atom. The van der Waals surface area contributed by atoms with Gasteiger partial charge >= 0.3 is 5.97 Å². The van der Waals surface area contributed by atoms with Crippen LogP contribution in [0.5, 0.6) is 5.75 Å². The molecule has 0 bridgehead atoms. The van der Waals surface area contributed by atoms with E-state index in [0.717, 1.165) is 19.3 Å². The molecule has 0 aliphatic rings. The predicted molar refractivity (Wildman–Crippen MR) is 73.4 cm³/mol. The minimum absolute atomic E-state index is 0.0508. The third-order valence-corrected chi connectivity index (χ3v) is 2.71. The molecule has 1 aromatic carbocycles. The Labute approximate surface area is 122 Å². The number of rotatable bonds is 3. The number of carbonyl (C=O) groups is 1. The van der Waals surface area contributed by atoms with Crippen LogP contribution in [0.4, 0.5) is 5.69 Å². The second-order valence-corrected chi connectivity index (χ2v) is 4.42. The largest absolute Gasteiger partial charge is 0.460 e. The summed E-state index contributed by atoms with van der Waals surface area (Å²) in [5.74, 6) is -1.02. The molecule has 0 aliphatic heterocycles. The Morgan fingerprint density at radius 2 is 2.10 bits per heavy atom. The first kappa shape index (κ1) is 14.7. The molecule has 0 N–H and O–H groups in total. The van der Waals surface area contributed by atoms with Gasteiger partial charge in [0.15, 0.2) is 0 Å². The van der Waals surface area contributed by atoms with Crippen LogP contribution in [0.1, 0.15) is 6.92 Å². The van der Waals surface area contributed by atoms with Gasteiger partial charge in [-0.3, -0.25) is 19.7 Å². The Hall–Kier alpha value is -2.67. The summed E-state index contributed by atoms with van der Waals surface area (Å²) in [5.41, 5.74) is -0.845. The van der Waals surface area contributed by atoms with Gasteiger partial charge in [0.25, 0.3) is 5.69 Å². The second-order valence-electron chi connectivity index (χ2n) is 3.99. The summed E-state index contributed by atoms with van der Waals surface area (Å²) in [6.07, 6.45) is 0.920. The Kier molecular flexibility index (Phi) is 4.04. The number of ether oxygens (including phenoxy) is 1. The number of carbonyl (C=O) groups excluding carboxylic acids is 1. The van der Waals surface area contributed by atoms with E-state index in [2.05, 4.69) is 4.74 Å². The standard InChI is InChI=1S/C13H8ClNO6/c1-7(16)21-13-6-20-12(5-11(13)17)9-4-8(14)2-3-10(9)15(18)19/h2-6H,1H3. The summed E-state index contributed by atoms with van der Waals surface area (Å²) >= 11 is 5.80. The molecular weight excluding hydrogens is 302 g/mol. The fraction of sp³-hybridized carbons (Fsp3) is 0.0769. The van der Waals surface area contributed by atoms with Crippen LogP contribution in [0.25, 0.3) is 11.3 Å². The van der Waals surface area contributed by atoms with Crippen LogP contribution < -0.4 is 10.2 Å². The van der Waals surface area contributed by atoms with E-state index in [1.54, 1.807) is 0 Å². The Bertz CT molecular complexity index is 782. The first-order chi connectivity index (χ1) is 9.88. The number of nitro benzene ring substituents is 1. The van der Waals surface area contributed by atoms with Crippen LogP contribution in [-0.2, 0) is 4.79 Å². The SMILES string of the molecule is CC(=O)Oc1coc(-c2cc(Cl)ccc2[N+](=O)[O-])cc1=O. The minimum Gasteiger partial charge on any atom is -0.460 e. The van der Waals surface area contributed by atoms with Gasteiger partial charge in [-0.15, -0.1) is 0 Å². The van der Waals surface area contributed by atoms with Gasteiger partial charge in [0.05, 0.1) is 10.5 Å². The molecule has 21 heavy (non-hydrogen) atoms. The van der Waals surface area contributed by atoms with Crippen molar-refractivity contribution in [1.82, 2.24) is 0 Å². The highest BCUT2D eigenvalue weighted by Gasteiger charge is 2.19. The molecule has 2 aromatic rings. The molecule has 0 amide bonds. The van der Waals surface area contributed by atoms with E-state index in [1.165, 1.54) is 18.2 Å². The lowest BCUT2D eigenvalue weighted by molar-refractivity contribution is -0.384. The maximum atomic E-state index is 11.8. The maximum Gasteiger partial charge on any atom is 0.308 e. The predicted octanol–water partition coefficient (Wildman–Crippen LogP) is 2.79. The third kappa shape index (κ3) is 3.26. The van der Waals surface area contributed by atoms with E-state index in [4.69, 9.17) is 16.0 Å². The number of halogens is 1. The smallest absolute Gasteiger partial charge is 0.308 e. The Balaban J connectivity index is 2.55. The van der Waals surface area contributed by atoms with Crippen LogP contribution in [0.3, 0.4) is 0 Å². The van der Waals surface area contributed by atoms with Crippen molar-refractivity contribution >= 4 is 23.3 Å². The summed E-state index contributed by atoms with van der Waals surface area (Å²) in [7, 11) is 0. The molecule has 0 aliphatic carbocycles. The van der Waals surface area contributed by atoms with E-state index >= 15 is 0 Å². The summed E-state index contributed by atoms with van der Waals surface area (Å²) in [5, 5.41) is 11.2. The quantitative estimate of drug-likeness (QED) is 0.491. The molecule has 0 saturated heterocycles. The lowest BCUT2D eigenvalue weighted by Crippen LogP contribution is -2.10. The molecule has 0 saturated carbocycles. The van der Waals surface area contributed by atoms with Crippen molar-refractivity contribution in [1.29, 1.82) is 0 Å². The average molecular weight is 310 g/mol. The molecule has 108 valence electrons. The second kappa shape index (κ2) is 5.76. The fourth-order valence-electron chi connectivity index (χ4n) is 1.63. The van der Waals surface area contributed by atoms with Crippen LogP contribution in [0.2, 0.25) is 5.02 Å². The van der Waals surface area contributed by atoms with Crippen molar-refractivity contribution in [2.24, 2.45) is 0 Å². The first-order valence-corrected chi connectivity index (χ1v) is 6.02. The van der Waals surface area contributed by atoms with Gasteiger partial charge in [0.2, 0.25) is 11.2 Å². The summed E-state index contributed by atoms with van der Waals surface area (Å²) in [6.45, 7) is 1.13. The number of hydrogen-bond acceptors (Lipinski definition) is 6. The molecule has 8 heteroatoms. The zero-order valence-corrected chi connectivity index (χ0v) is 11.4. The number of esters is 1. The van der Waals surface area contributed by atoms with Crippen molar-refractivity contribution < 1.29 is 18.9 Å². The topological polar surface area (TPSA) is 99.7 Å². The van der Waals surface area contributed by atoms with E-state index in [9.17, 15) is 19.7 Å². The van der Waals surface area contributed by atoms with E-state index in [-0.39, 0.29) is 27.8 Å². The molecule has 0 unspecified atom stereocenters. The number of hydrogen-bond donors (Lipinski definition) is 0. The lowest BCUT2D eigenvalue weighted by atomic mass is 10.1. The van der Waals surface area contributed by atoms with Crippen LogP contribution in [0, 0.1) is 10.1 Å². The molecule has 1 heterocycles. The molecule has 2 rings (SSSR count). The molecule has 0 atom stereocenters. The zero-order chi connectivity index (χ0) is 15.6. The minimum atomic E-state index is -0.677. The molecule has 0 spiro atoms. The van der Waals surface area contributed by atoms with Gasteiger partial charge < -0.3 is 9.15 Å². The average Bonchev–Trinajstić information content (AvgIpc) is 2.40. The van der Waals surface area contributed by atoms with Crippen molar-refractivity contribution in [2.45, 2.75) is 6.92 Å². The maximum absolute atomic E-state index is 11.8. The van der Waals surface area contributed by atoms with Crippen LogP contribution >= 0.6 is 11.6 Å². The highest BCUT2D eigenvalue weighted by Crippen LogP contribution is 2.32. The molecule has 7 nitrogen and oxygen atoms in total. The lowest BCUT2D eigenvalue weighted by Gasteiger charge is -2.04. The van der Waals surface area contributed by atoms with Gasteiger partial charge in [-0.1, -0.05) is 11.6 Å². The van der Waals surface area contributed by atoms with Crippen molar-refractivity contribution in [3.05, 3.63) is 55.9 Å². The van der Waals surface area contributed by atoms with Crippen molar-refractivity contribution in [3.63, 3.8) is 0 Å². The highest BCUT2D eigenvalue weighted by molar-refractivity contribution is 6.31. The molecule has 0 radical (unpaired) electrons. The van der Waals surface area contributed by atoms with Gasteiger partial charge in [-0.2, -0.15) is 0 Å². The van der Waals surface area contributed by atoms with Crippen LogP contribution in [0.15, 0.2) is 39.7 Å². The third-order valence-electron chi connectivity index (χ3n) is 2.47. The number of benzene rings is 1. The van der Waals surface area contributed by atoms with Crippen molar-refractivity contribution in [2.75, 3.05) is 0 Å². The van der Waals surface area contributed by atoms with E-state index < -0.39 is 16.3 Å². The summed E-state index contributed by atoms with van der Waals surface area (Å²) < 4.78 is 9.76. The molecule has 1 aromatic heterocycles. The summed E-state index contributed by atoms with van der Waals surface area (Å²) in [6, 6.07) is 4.87. The number of nitro groups is 1. The van der Waals surface area contributed by atoms with Gasteiger partial charge in [-0.25, -0.2) is 0 Å². The Morgan fingerprint density at radius 3 is 2.67 bits per heavy atom.